The molecule has 9 heteroatoms. The molecule has 0 aliphatic heterocycles. The van der Waals surface area contributed by atoms with Gasteiger partial charge < -0.3 is 30.3 Å². The van der Waals surface area contributed by atoms with Gasteiger partial charge in [-0.2, -0.15) is 0 Å². The van der Waals surface area contributed by atoms with Gasteiger partial charge in [0, 0.05) is 31.0 Å². The number of hydrogen-bond donors (Lipinski definition) is 4. The van der Waals surface area contributed by atoms with E-state index >= 15 is 0 Å². The molecule has 2 rings (SSSR count). The van der Waals surface area contributed by atoms with Gasteiger partial charge >= 0.3 is 12.1 Å². The third kappa shape index (κ3) is 13.8. The number of alkyl carbamates (subject to hydrolysis) is 1. The van der Waals surface area contributed by atoms with Crippen LogP contribution in [0.25, 0.3) is 0 Å². The van der Waals surface area contributed by atoms with Gasteiger partial charge in [0.15, 0.2) is 0 Å². The molecule has 4 N–H and O–H groups in total. The number of aliphatic hydroxyl groups excluding tert-OH is 1. The summed E-state index contributed by atoms with van der Waals surface area (Å²) in [4.78, 5) is 32.8. The number of aliphatic carboxylic acids is 1. The molecule has 0 aromatic heterocycles. The van der Waals surface area contributed by atoms with Crippen LogP contribution in [0.5, 0.6) is 0 Å². The highest BCUT2D eigenvalue weighted by molar-refractivity contribution is 5.90. The van der Waals surface area contributed by atoms with Gasteiger partial charge in [0.05, 0.1) is 25.9 Å². The predicted molar refractivity (Wildman–Crippen MR) is 139 cm³/mol. The lowest BCUT2D eigenvalue weighted by Gasteiger charge is -2.32. The maximum atomic E-state index is 11.6. The van der Waals surface area contributed by atoms with Gasteiger partial charge in [0.25, 0.3) is 0 Å². The molecule has 0 radical (unpaired) electrons. The summed E-state index contributed by atoms with van der Waals surface area (Å²) in [7, 11) is 1.29. The standard InChI is InChI=1S/C14H18N2O5.C13H24O2/c1-21-14(20)15-9-10-5-7-11(8-6-10)16-12(17)3-2-4-13(18)19;1-10(2)8-9-15-11(3)12-6-4-5-7-13(12)14/h5-8H,2-4,9H2,1H3,(H,15,20)(H,16,17)(H,18,19);8,11-14H,4-7,9H2,1-3H3. The molecule has 1 aliphatic rings. The van der Waals surface area contributed by atoms with Crippen molar-refractivity contribution in [3.63, 3.8) is 0 Å². The third-order valence-corrected chi connectivity index (χ3v) is 5.89. The van der Waals surface area contributed by atoms with Crippen molar-refractivity contribution >= 4 is 23.7 Å². The van der Waals surface area contributed by atoms with Crippen LogP contribution in [-0.4, -0.2) is 54.1 Å². The summed E-state index contributed by atoms with van der Waals surface area (Å²) in [5, 5.41) is 23.6. The van der Waals surface area contributed by atoms with Gasteiger partial charge in [0.1, 0.15) is 0 Å². The van der Waals surface area contributed by atoms with Crippen LogP contribution in [0.1, 0.15) is 71.3 Å². The molecule has 2 amide bonds. The molecule has 3 atom stereocenters. The second kappa shape index (κ2) is 17.5. The second-order valence-electron chi connectivity index (χ2n) is 9.17. The molecule has 0 saturated heterocycles. The van der Waals surface area contributed by atoms with Crippen LogP contribution in [-0.2, 0) is 25.6 Å². The van der Waals surface area contributed by atoms with Crippen LogP contribution >= 0.6 is 0 Å². The van der Waals surface area contributed by atoms with Gasteiger partial charge in [-0.05, 0) is 57.7 Å². The lowest BCUT2D eigenvalue weighted by atomic mass is 9.83. The number of allylic oxidation sites excluding steroid dienone is 1. The summed E-state index contributed by atoms with van der Waals surface area (Å²) in [6.45, 7) is 7.23. The Morgan fingerprint density at radius 3 is 2.36 bits per heavy atom. The fourth-order valence-corrected chi connectivity index (χ4v) is 3.75. The van der Waals surface area contributed by atoms with E-state index in [1.54, 1.807) is 24.3 Å². The largest absolute Gasteiger partial charge is 0.481 e. The van der Waals surface area contributed by atoms with Gasteiger partial charge in [-0.15, -0.1) is 0 Å². The number of carbonyl (C=O) groups excluding carboxylic acids is 2. The maximum absolute atomic E-state index is 11.6. The van der Waals surface area contributed by atoms with E-state index in [0.717, 1.165) is 18.4 Å². The molecule has 1 aliphatic carbocycles. The number of carbonyl (C=O) groups is 3. The zero-order chi connectivity index (χ0) is 26.9. The Hall–Kier alpha value is -2.91. The van der Waals surface area contributed by atoms with Crippen molar-refractivity contribution in [3.05, 3.63) is 41.5 Å². The Kier molecular flexibility index (Phi) is 15.1. The highest BCUT2D eigenvalue weighted by Crippen LogP contribution is 2.28. The minimum atomic E-state index is -0.912. The summed E-state index contributed by atoms with van der Waals surface area (Å²) in [5.74, 6) is -0.800. The van der Waals surface area contributed by atoms with Gasteiger partial charge in [-0.3, -0.25) is 9.59 Å². The van der Waals surface area contributed by atoms with Crippen molar-refractivity contribution in [2.75, 3.05) is 19.0 Å². The number of carboxylic acid groups (broad SMARTS) is 1. The Morgan fingerprint density at radius 1 is 1.11 bits per heavy atom. The molecule has 3 unspecified atom stereocenters. The first-order valence-corrected chi connectivity index (χ1v) is 12.5. The van der Waals surface area contributed by atoms with Crippen molar-refractivity contribution in [1.29, 1.82) is 0 Å². The first-order chi connectivity index (χ1) is 17.1. The zero-order valence-electron chi connectivity index (χ0n) is 21.9. The highest BCUT2D eigenvalue weighted by Gasteiger charge is 2.28. The van der Waals surface area contributed by atoms with Gasteiger partial charge in [-0.25, -0.2) is 4.79 Å². The Labute approximate surface area is 214 Å². The van der Waals surface area contributed by atoms with E-state index in [0.29, 0.717) is 31.2 Å². The lowest BCUT2D eigenvalue weighted by molar-refractivity contribution is -0.137. The van der Waals surface area contributed by atoms with E-state index in [9.17, 15) is 19.5 Å². The van der Waals surface area contributed by atoms with Gasteiger partial charge in [0.2, 0.25) is 5.91 Å². The van der Waals surface area contributed by atoms with Crippen LogP contribution in [0, 0.1) is 5.92 Å². The number of carboxylic acids is 1. The monoisotopic (exact) mass is 506 g/mol. The Bertz CT molecular complexity index is 835. The predicted octanol–water partition coefficient (Wildman–Crippen LogP) is 4.64. The summed E-state index contributed by atoms with van der Waals surface area (Å²) >= 11 is 0. The normalized spacial score (nSPS) is 17.6. The minimum Gasteiger partial charge on any atom is -0.481 e. The molecule has 1 aromatic carbocycles. The van der Waals surface area contributed by atoms with Crippen LogP contribution in [0.2, 0.25) is 0 Å². The summed E-state index contributed by atoms with van der Waals surface area (Å²) in [5.41, 5.74) is 2.77. The van der Waals surface area contributed by atoms with E-state index in [-0.39, 0.29) is 31.0 Å². The number of aliphatic hydroxyl groups is 1. The molecule has 1 fully saturated rings. The Balaban J connectivity index is 0.000000381. The molecule has 9 nitrogen and oxygen atoms in total. The molecular formula is C27H42N2O7. The number of nitrogens with one attached hydrogen (secondary N) is 2. The zero-order valence-corrected chi connectivity index (χ0v) is 21.9. The molecule has 0 spiro atoms. The first kappa shape index (κ1) is 31.1. The molecule has 202 valence electrons. The number of methoxy groups -OCH3 is 1. The van der Waals surface area contributed by atoms with Crippen molar-refractivity contribution in [2.24, 2.45) is 5.92 Å². The third-order valence-electron chi connectivity index (χ3n) is 5.89. The number of hydrogen-bond acceptors (Lipinski definition) is 6. The molecular weight excluding hydrogens is 464 g/mol. The number of anilines is 1. The average Bonchev–Trinajstić information content (AvgIpc) is 2.83. The topological polar surface area (TPSA) is 134 Å². The fourth-order valence-electron chi connectivity index (χ4n) is 3.75. The number of rotatable bonds is 11. The minimum absolute atomic E-state index is 0.0223. The van der Waals surface area contributed by atoms with Crippen LogP contribution in [0.15, 0.2) is 35.9 Å². The fraction of sp³-hybridized carbons (Fsp3) is 0.593. The molecule has 36 heavy (non-hydrogen) atoms. The van der Waals surface area contributed by atoms with E-state index in [1.165, 1.54) is 25.5 Å². The average molecular weight is 507 g/mol. The van der Waals surface area contributed by atoms with E-state index in [2.05, 4.69) is 42.2 Å². The lowest BCUT2D eigenvalue weighted by Crippen LogP contribution is -2.34. The molecule has 1 aromatic rings. The van der Waals surface area contributed by atoms with E-state index < -0.39 is 12.1 Å². The summed E-state index contributed by atoms with van der Waals surface area (Å²) < 4.78 is 10.2. The quantitative estimate of drug-likeness (QED) is 0.321. The number of ether oxygens (including phenoxy) is 2. The number of amides is 2. The summed E-state index contributed by atoms with van der Waals surface area (Å²) in [6, 6.07) is 6.96. The van der Waals surface area contributed by atoms with Crippen molar-refractivity contribution < 1.29 is 34.1 Å². The van der Waals surface area contributed by atoms with E-state index in [4.69, 9.17) is 9.84 Å². The smallest absolute Gasteiger partial charge is 0.407 e. The molecule has 0 bridgehead atoms. The second-order valence-corrected chi connectivity index (χ2v) is 9.17. The van der Waals surface area contributed by atoms with Crippen molar-refractivity contribution in [3.8, 4) is 0 Å². The molecule has 0 heterocycles. The van der Waals surface area contributed by atoms with E-state index in [1.807, 2.05) is 0 Å². The van der Waals surface area contributed by atoms with Gasteiger partial charge in [-0.1, -0.05) is 36.6 Å². The van der Waals surface area contributed by atoms with Crippen molar-refractivity contribution in [1.82, 2.24) is 5.32 Å². The van der Waals surface area contributed by atoms with Crippen LogP contribution in [0.3, 0.4) is 0 Å². The van der Waals surface area contributed by atoms with Crippen molar-refractivity contribution in [2.45, 2.75) is 84.5 Å². The SMILES string of the molecule is CC(C)=CCOC(C)C1CCCCC1O.COC(=O)NCc1ccc(NC(=O)CCCC(=O)O)cc1. The molecule has 1 saturated carbocycles. The van der Waals surface area contributed by atoms with Crippen LogP contribution in [0.4, 0.5) is 10.5 Å². The maximum Gasteiger partial charge on any atom is 0.407 e. The first-order valence-electron chi connectivity index (χ1n) is 12.5. The summed E-state index contributed by atoms with van der Waals surface area (Å²) in [6.07, 6.45) is 6.51. The van der Waals surface area contributed by atoms with Crippen LogP contribution < -0.4 is 10.6 Å². The Morgan fingerprint density at radius 2 is 1.78 bits per heavy atom. The highest BCUT2D eigenvalue weighted by atomic mass is 16.5. The number of benzene rings is 1.